The smallest absolute Gasteiger partial charge is 0.254 e. The molecule has 0 spiro atoms. The van der Waals surface area contributed by atoms with Crippen molar-refractivity contribution in [1.29, 1.82) is 0 Å². The molecule has 4 nitrogen and oxygen atoms in total. The minimum atomic E-state index is -0.0572. The van der Waals surface area contributed by atoms with Crippen molar-refractivity contribution in [1.82, 2.24) is 9.80 Å². The second-order valence-corrected chi connectivity index (χ2v) is 5.99. The number of hydrogen-bond acceptors (Lipinski definition) is 2. The highest BCUT2D eigenvalue weighted by atomic mass is 16.2. The second-order valence-electron chi connectivity index (χ2n) is 5.99. The largest absolute Gasteiger partial charge is 0.340 e. The van der Waals surface area contributed by atoms with Crippen LogP contribution < -0.4 is 0 Å². The number of carbonyl (C=O) groups excluding carboxylic acids is 2. The van der Waals surface area contributed by atoms with Crippen LogP contribution in [0.3, 0.4) is 0 Å². The summed E-state index contributed by atoms with van der Waals surface area (Å²) < 4.78 is 0. The van der Waals surface area contributed by atoms with Gasteiger partial charge >= 0.3 is 0 Å². The molecule has 0 N–H and O–H groups in total. The molecular weight excluding hydrogens is 288 g/mol. The van der Waals surface area contributed by atoms with E-state index in [0.717, 1.165) is 16.7 Å². The average Bonchev–Trinajstić information content (AvgIpc) is 2.86. The lowest BCUT2D eigenvalue weighted by Gasteiger charge is -2.22. The maximum atomic E-state index is 12.4. The van der Waals surface area contributed by atoms with E-state index in [1.165, 1.54) is 0 Å². The van der Waals surface area contributed by atoms with Crippen LogP contribution in [0.15, 0.2) is 48.5 Å². The number of benzene rings is 2. The molecule has 0 bridgehead atoms. The fourth-order valence-electron chi connectivity index (χ4n) is 2.86. The van der Waals surface area contributed by atoms with Gasteiger partial charge in [-0.05, 0) is 29.7 Å². The summed E-state index contributed by atoms with van der Waals surface area (Å²) in [6.07, 6.45) is 0. The molecule has 0 unspecified atom stereocenters. The number of carbonyl (C=O) groups is 2. The zero-order valence-electron chi connectivity index (χ0n) is 13.5. The summed E-state index contributed by atoms with van der Waals surface area (Å²) in [4.78, 5) is 28.1. The van der Waals surface area contributed by atoms with Crippen molar-refractivity contribution in [2.75, 3.05) is 13.6 Å². The van der Waals surface area contributed by atoms with Crippen LogP contribution in [0.2, 0.25) is 0 Å². The Balaban J connectivity index is 1.64. The van der Waals surface area contributed by atoms with Crippen LogP contribution in [0.5, 0.6) is 0 Å². The summed E-state index contributed by atoms with van der Waals surface area (Å²) in [7, 11) is 1.78. The Morgan fingerprint density at radius 1 is 1.13 bits per heavy atom. The van der Waals surface area contributed by atoms with Gasteiger partial charge in [0.1, 0.15) is 6.54 Å². The summed E-state index contributed by atoms with van der Waals surface area (Å²) in [5.41, 5.74) is 3.99. The minimum absolute atomic E-state index is 0.0468. The van der Waals surface area contributed by atoms with Crippen molar-refractivity contribution in [2.24, 2.45) is 0 Å². The lowest BCUT2D eigenvalue weighted by Crippen LogP contribution is -2.38. The molecule has 4 heteroatoms. The van der Waals surface area contributed by atoms with Gasteiger partial charge in [0.15, 0.2) is 0 Å². The predicted octanol–water partition coefficient (Wildman–Crippen LogP) is 2.61. The van der Waals surface area contributed by atoms with Crippen molar-refractivity contribution in [3.05, 3.63) is 70.8 Å². The fourth-order valence-corrected chi connectivity index (χ4v) is 2.86. The number of likely N-dealkylation sites (N-methyl/N-ethyl adjacent to an activating group) is 1. The lowest BCUT2D eigenvalue weighted by molar-refractivity contribution is -0.131. The molecule has 23 heavy (non-hydrogen) atoms. The van der Waals surface area contributed by atoms with Gasteiger partial charge in [0.2, 0.25) is 5.91 Å². The molecule has 0 radical (unpaired) electrons. The molecule has 2 aromatic carbocycles. The summed E-state index contributed by atoms with van der Waals surface area (Å²) in [6, 6.07) is 15.5. The van der Waals surface area contributed by atoms with Crippen LogP contribution >= 0.6 is 0 Å². The first-order chi connectivity index (χ1) is 11.1. The molecule has 0 saturated carbocycles. The van der Waals surface area contributed by atoms with Gasteiger partial charge in [-0.25, -0.2) is 0 Å². The zero-order valence-corrected chi connectivity index (χ0v) is 13.5. The van der Waals surface area contributed by atoms with E-state index in [-0.39, 0.29) is 18.4 Å². The maximum absolute atomic E-state index is 12.4. The fraction of sp³-hybridized carbons (Fsp3) is 0.263. The Morgan fingerprint density at radius 3 is 2.57 bits per heavy atom. The zero-order chi connectivity index (χ0) is 16.4. The molecule has 1 aliphatic rings. The highest BCUT2D eigenvalue weighted by Crippen LogP contribution is 2.22. The number of rotatable bonds is 4. The number of fused-ring (bicyclic) bond motifs is 1. The SMILES string of the molecule is Cc1ccccc1CN(C)C(=O)CN1Cc2ccccc2C1=O. The van der Waals surface area contributed by atoms with Crippen molar-refractivity contribution in [3.8, 4) is 0 Å². The van der Waals surface area contributed by atoms with Gasteiger partial charge in [0.05, 0.1) is 0 Å². The highest BCUT2D eigenvalue weighted by molar-refractivity contribution is 6.00. The number of hydrogen-bond donors (Lipinski definition) is 0. The monoisotopic (exact) mass is 308 g/mol. The molecule has 0 atom stereocenters. The van der Waals surface area contributed by atoms with Crippen LogP contribution in [0.25, 0.3) is 0 Å². The van der Waals surface area contributed by atoms with Gasteiger partial charge in [-0.2, -0.15) is 0 Å². The molecule has 3 rings (SSSR count). The first-order valence-electron chi connectivity index (χ1n) is 7.72. The lowest BCUT2D eigenvalue weighted by atomic mass is 10.1. The molecular formula is C19H20N2O2. The molecule has 2 amide bonds. The molecule has 1 heterocycles. The topological polar surface area (TPSA) is 40.6 Å². The quantitative estimate of drug-likeness (QED) is 0.871. The number of aryl methyl sites for hydroxylation is 1. The Kier molecular flexibility index (Phi) is 4.15. The minimum Gasteiger partial charge on any atom is -0.340 e. The third-order valence-corrected chi connectivity index (χ3v) is 4.32. The van der Waals surface area contributed by atoms with Crippen molar-refractivity contribution >= 4 is 11.8 Å². The Labute approximate surface area is 136 Å². The van der Waals surface area contributed by atoms with Gasteiger partial charge in [0.25, 0.3) is 5.91 Å². The Morgan fingerprint density at radius 2 is 1.83 bits per heavy atom. The third-order valence-electron chi connectivity index (χ3n) is 4.32. The van der Waals surface area contributed by atoms with E-state index in [1.807, 2.05) is 55.5 Å². The first kappa shape index (κ1) is 15.3. The molecule has 2 aromatic rings. The van der Waals surface area contributed by atoms with E-state index in [4.69, 9.17) is 0 Å². The second kappa shape index (κ2) is 6.24. The standard InChI is InChI=1S/C19H20N2O2/c1-14-7-3-4-8-15(14)11-20(2)18(22)13-21-12-16-9-5-6-10-17(16)19(21)23/h3-10H,11-13H2,1-2H3. The van der Waals surface area contributed by atoms with E-state index in [0.29, 0.717) is 18.7 Å². The van der Waals surface area contributed by atoms with Crippen molar-refractivity contribution in [3.63, 3.8) is 0 Å². The molecule has 118 valence electrons. The summed E-state index contributed by atoms with van der Waals surface area (Å²) in [5, 5.41) is 0. The van der Waals surface area contributed by atoms with Gasteiger partial charge < -0.3 is 9.80 Å². The van der Waals surface area contributed by atoms with E-state index in [2.05, 4.69) is 0 Å². The molecule has 1 aliphatic heterocycles. The maximum Gasteiger partial charge on any atom is 0.254 e. The van der Waals surface area contributed by atoms with E-state index >= 15 is 0 Å². The predicted molar refractivity (Wildman–Crippen MR) is 88.8 cm³/mol. The normalized spacial score (nSPS) is 13.1. The van der Waals surface area contributed by atoms with Gasteiger partial charge in [-0.3, -0.25) is 9.59 Å². The van der Waals surface area contributed by atoms with Gasteiger partial charge in [-0.15, -0.1) is 0 Å². The van der Waals surface area contributed by atoms with Crippen LogP contribution in [0, 0.1) is 6.92 Å². The van der Waals surface area contributed by atoms with E-state index in [1.54, 1.807) is 16.8 Å². The average molecular weight is 308 g/mol. The molecule has 0 aromatic heterocycles. The molecule has 0 saturated heterocycles. The number of nitrogens with zero attached hydrogens (tertiary/aromatic N) is 2. The van der Waals surface area contributed by atoms with Gasteiger partial charge in [-0.1, -0.05) is 42.5 Å². The van der Waals surface area contributed by atoms with Crippen LogP contribution in [0.1, 0.15) is 27.0 Å². The Bertz CT molecular complexity index is 755. The third kappa shape index (κ3) is 3.11. The van der Waals surface area contributed by atoms with Crippen LogP contribution in [-0.2, 0) is 17.9 Å². The summed E-state index contributed by atoms with van der Waals surface area (Å²) in [6.45, 7) is 3.23. The van der Waals surface area contributed by atoms with Crippen molar-refractivity contribution in [2.45, 2.75) is 20.0 Å². The summed E-state index contributed by atoms with van der Waals surface area (Å²) in [5.74, 6) is -0.104. The number of amides is 2. The van der Waals surface area contributed by atoms with E-state index in [9.17, 15) is 9.59 Å². The highest BCUT2D eigenvalue weighted by Gasteiger charge is 2.28. The van der Waals surface area contributed by atoms with Crippen LogP contribution in [-0.4, -0.2) is 35.2 Å². The molecule has 0 fully saturated rings. The molecule has 0 aliphatic carbocycles. The summed E-state index contributed by atoms with van der Waals surface area (Å²) >= 11 is 0. The van der Waals surface area contributed by atoms with Crippen molar-refractivity contribution < 1.29 is 9.59 Å². The Hall–Kier alpha value is -2.62. The van der Waals surface area contributed by atoms with Crippen LogP contribution in [0.4, 0.5) is 0 Å². The van der Waals surface area contributed by atoms with E-state index < -0.39 is 0 Å². The first-order valence-corrected chi connectivity index (χ1v) is 7.72. The van der Waals surface area contributed by atoms with Gasteiger partial charge in [0, 0.05) is 25.7 Å².